The maximum absolute atomic E-state index is 13.7. The lowest BCUT2D eigenvalue weighted by molar-refractivity contribution is -0.140. The molecule has 0 unspecified atom stereocenters. The molecule has 1 aromatic carbocycles. The van der Waals surface area contributed by atoms with Crippen molar-refractivity contribution in [3.8, 4) is 6.07 Å². The highest BCUT2D eigenvalue weighted by molar-refractivity contribution is 5.88. The minimum Gasteiger partial charge on any atom is -0.356 e. The molecule has 1 spiro atoms. The fourth-order valence-corrected chi connectivity index (χ4v) is 4.90. The summed E-state index contributed by atoms with van der Waals surface area (Å²) in [5.41, 5.74) is 0.108. The van der Waals surface area contributed by atoms with E-state index in [0.29, 0.717) is 55.7 Å². The summed E-state index contributed by atoms with van der Waals surface area (Å²) >= 11 is 0. The lowest BCUT2D eigenvalue weighted by Gasteiger charge is -2.38. The zero-order valence-electron chi connectivity index (χ0n) is 16.2. The molecule has 3 aliphatic heterocycles. The lowest BCUT2D eigenvalue weighted by atomic mass is 9.89. The number of amides is 1. The summed E-state index contributed by atoms with van der Waals surface area (Å²) in [6.45, 7) is 1.15. The third-order valence-electron chi connectivity index (χ3n) is 6.36. The standard InChI is InChI=1S/C22H20F2N4O2/c23-16-10-15(11-17(24)12-16)18-1-2-20-28(18)21(29)22(30-20)4-7-27(8-5-22)19-9-14(13-25)3-6-26-19/h3,6,9-12,18,20H,1-2,4-5,7-8H2/t18-,20+/m0/s1. The van der Waals surface area contributed by atoms with Crippen LogP contribution in [0.5, 0.6) is 0 Å². The third kappa shape index (κ3) is 3.01. The Kier molecular flexibility index (Phi) is 4.44. The Balaban J connectivity index is 1.34. The van der Waals surface area contributed by atoms with Crippen molar-refractivity contribution in [3.05, 3.63) is 59.3 Å². The molecule has 1 amide bonds. The van der Waals surface area contributed by atoms with Gasteiger partial charge in [-0.15, -0.1) is 0 Å². The monoisotopic (exact) mass is 410 g/mol. The number of hydrogen-bond donors (Lipinski definition) is 0. The summed E-state index contributed by atoms with van der Waals surface area (Å²) in [4.78, 5) is 21.5. The molecule has 2 aromatic rings. The van der Waals surface area contributed by atoms with E-state index in [1.165, 1.54) is 12.1 Å². The first-order chi connectivity index (χ1) is 14.5. The molecule has 6 nitrogen and oxygen atoms in total. The van der Waals surface area contributed by atoms with Gasteiger partial charge in [0.05, 0.1) is 17.7 Å². The number of pyridine rings is 1. The molecule has 5 rings (SSSR count). The normalized spacial score (nSPS) is 24.9. The first-order valence-electron chi connectivity index (χ1n) is 10.1. The van der Waals surface area contributed by atoms with E-state index in [4.69, 9.17) is 10.00 Å². The Hall–Kier alpha value is -3.05. The average Bonchev–Trinajstić information content (AvgIpc) is 3.26. The molecule has 0 N–H and O–H groups in total. The number of anilines is 1. The Morgan fingerprint density at radius 1 is 1.13 bits per heavy atom. The van der Waals surface area contributed by atoms with Gasteiger partial charge in [-0.25, -0.2) is 13.8 Å². The maximum Gasteiger partial charge on any atom is 0.257 e. The second-order valence-corrected chi connectivity index (χ2v) is 8.08. The average molecular weight is 410 g/mol. The topological polar surface area (TPSA) is 69.5 Å². The van der Waals surface area contributed by atoms with E-state index in [0.717, 1.165) is 6.07 Å². The molecule has 0 bridgehead atoms. The minimum atomic E-state index is -0.904. The summed E-state index contributed by atoms with van der Waals surface area (Å²) in [6.07, 6.45) is 3.51. The van der Waals surface area contributed by atoms with E-state index in [2.05, 4.69) is 11.1 Å². The summed E-state index contributed by atoms with van der Waals surface area (Å²) in [6, 6.07) is 8.56. The number of carbonyl (C=O) groups is 1. The zero-order valence-corrected chi connectivity index (χ0v) is 16.2. The number of rotatable bonds is 2. The van der Waals surface area contributed by atoms with E-state index in [9.17, 15) is 13.6 Å². The molecule has 3 aliphatic rings. The molecular weight excluding hydrogens is 390 g/mol. The van der Waals surface area contributed by atoms with Crippen molar-refractivity contribution in [2.24, 2.45) is 0 Å². The number of hydrogen-bond acceptors (Lipinski definition) is 5. The molecule has 154 valence electrons. The van der Waals surface area contributed by atoms with Crippen LogP contribution in [0.2, 0.25) is 0 Å². The van der Waals surface area contributed by atoms with Crippen molar-refractivity contribution in [3.63, 3.8) is 0 Å². The van der Waals surface area contributed by atoms with Crippen molar-refractivity contribution < 1.29 is 18.3 Å². The molecular formula is C22H20F2N4O2. The number of aromatic nitrogens is 1. The molecule has 8 heteroatoms. The van der Waals surface area contributed by atoms with Gasteiger partial charge in [-0.05, 0) is 42.7 Å². The fraction of sp³-hybridized carbons (Fsp3) is 0.409. The van der Waals surface area contributed by atoms with Crippen molar-refractivity contribution in [1.29, 1.82) is 5.26 Å². The van der Waals surface area contributed by atoms with Gasteiger partial charge in [0.15, 0.2) is 5.60 Å². The van der Waals surface area contributed by atoms with Crippen LogP contribution in [-0.2, 0) is 9.53 Å². The molecule has 3 fully saturated rings. The SMILES string of the molecule is N#Cc1ccnc(N2CCC3(CC2)O[C@@H]2CC[C@@H](c4cc(F)cc(F)c4)N2C3=O)c1. The molecule has 1 aromatic heterocycles. The van der Waals surface area contributed by atoms with Crippen LogP contribution in [0.15, 0.2) is 36.5 Å². The van der Waals surface area contributed by atoms with Crippen molar-refractivity contribution >= 4 is 11.7 Å². The number of ether oxygens (including phenoxy) is 1. The second kappa shape index (κ2) is 7.03. The van der Waals surface area contributed by atoms with E-state index in [1.807, 2.05) is 4.90 Å². The predicted molar refractivity (Wildman–Crippen MR) is 103 cm³/mol. The molecule has 0 radical (unpaired) electrons. The lowest BCUT2D eigenvalue weighted by Crippen LogP contribution is -2.50. The predicted octanol–water partition coefficient (Wildman–Crippen LogP) is 3.29. The van der Waals surface area contributed by atoms with Gasteiger partial charge in [0.1, 0.15) is 23.7 Å². The maximum atomic E-state index is 13.7. The van der Waals surface area contributed by atoms with Gasteiger partial charge in [0.2, 0.25) is 0 Å². The van der Waals surface area contributed by atoms with Crippen LogP contribution in [0.1, 0.15) is 42.9 Å². The van der Waals surface area contributed by atoms with Crippen LogP contribution in [0, 0.1) is 23.0 Å². The number of fused-ring (bicyclic) bond motifs is 1. The van der Waals surface area contributed by atoms with Gasteiger partial charge >= 0.3 is 0 Å². The van der Waals surface area contributed by atoms with Crippen LogP contribution < -0.4 is 4.90 Å². The fourth-order valence-electron chi connectivity index (χ4n) is 4.90. The van der Waals surface area contributed by atoms with E-state index in [1.54, 1.807) is 23.2 Å². The summed E-state index contributed by atoms with van der Waals surface area (Å²) in [5.74, 6) is -0.673. The van der Waals surface area contributed by atoms with Crippen LogP contribution in [0.3, 0.4) is 0 Å². The number of benzene rings is 1. The quantitative estimate of drug-likeness (QED) is 0.760. The van der Waals surface area contributed by atoms with Gasteiger partial charge in [0, 0.05) is 38.2 Å². The Morgan fingerprint density at radius 3 is 2.57 bits per heavy atom. The Bertz CT molecular complexity index is 1030. The summed E-state index contributed by atoms with van der Waals surface area (Å²) < 4.78 is 33.7. The molecule has 30 heavy (non-hydrogen) atoms. The van der Waals surface area contributed by atoms with Gasteiger partial charge in [-0.3, -0.25) is 4.79 Å². The Morgan fingerprint density at radius 2 is 1.87 bits per heavy atom. The van der Waals surface area contributed by atoms with Crippen LogP contribution >= 0.6 is 0 Å². The molecule has 2 atom stereocenters. The molecule has 4 heterocycles. The van der Waals surface area contributed by atoms with Crippen molar-refractivity contribution in [2.75, 3.05) is 18.0 Å². The highest BCUT2D eigenvalue weighted by atomic mass is 19.1. The van der Waals surface area contributed by atoms with Crippen LogP contribution in [0.4, 0.5) is 14.6 Å². The van der Waals surface area contributed by atoms with E-state index >= 15 is 0 Å². The zero-order chi connectivity index (χ0) is 20.9. The Labute approximate surface area is 172 Å². The molecule has 0 saturated carbocycles. The first-order valence-corrected chi connectivity index (χ1v) is 10.1. The number of nitrogens with zero attached hydrogens (tertiary/aromatic N) is 4. The van der Waals surface area contributed by atoms with Crippen molar-refractivity contribution in [1.82, 2.24) is 9.88 Å². The third-order valence-corrected chi connectivity index (χ3v) is 6.36. The summed E-state index contributed by atoms with van der Waals surface area (Å²) in [5, 5.41) is 9.09. The minimum absolute atomic E-state index is 0.0990. The number of carbonyl (C=O) groups excluding carboxylic acids is 1. The highest BCUT2D eigenvalue weighted by Gasteiger charge is 2.58. The van der Waals surface area contributed by atoms with Gasteiger partial charge in [-0.1, -0.05) is 0 Å². The first kappa shape index (κ1) is 18.9. The van der Waals surface area contributed by atoms with E-state index in [-0.39, 0.29) is 18.2 Å². The largest absolute Gasteiger partial charge is 0.356 e. The highest BCUT2D eigenvalue weighted by Crippen LogP contribution is 2.48. The molecule has 3 saturated heterocycles. The van der Waals surface area contributed by atoms with Crippen LogP contribution in [-0.4, -0.2) is 40.7 Å². The van der Waals surface area contributed by atoms with Gasteiger partial charge in [-0.2, -0.15) is 5.26 Å². The van der Waals surface area contributed by atoms with Crippen molar-refractivity contribution in [2.45, 2.75) is 43.6 Å². The smallest absolute Gasteiger partial charge is 0.257 e. The van der Waals surface area contributed by atoms with Gasteiger partial charge < -0.3 is 14.5 Å². The number of halogens is 2. The molecule has 0 aliphatic carbocycles. The summed E-state index contributed by atoms with van der Waals surface area (Å²) in [7, 11) is 0. The number of nitriles is 1. The number of piperidine rings is 1. The second-order valence-electron chi connectivity index (χ2n) is 8.08. The van der Waals surface area contributed by atoms with E-state index < -0.39 is 17.2 Å². The van der Waals surface area contributed by atoms with Crippen LogP contribution in [0.25, 0.3) is 0 Å². The van der Waals surface area contributed by atoms with Gasteiger partial charge in [0.25, 0.3) is 5.91 Å².